The van der Waals surface area contributed by atoms with Gasteiger partial charge in [-0.25, -0.2) is 0 Å². The minimum Gasteiger partial charge on any atom is -0.508 e. The number of benzene rings is 2. The fraction of sp³-hybridized carbons (Fsp3) is 0.316. The van der Waals surface area contributed by atoms with Gasteiger partial charge in [0.2, 0.25) is 0 Å². The van der Waals surface area contributed by atoms with Gasteiger partial charge in [0.15, 0.2) is 6.10 Å². The summed E-state index contributed by atoms with van der Waals surface area (Å²) in [6, 6.07) is 14.8. The van der Waals surface area contributed by atoms with Crippen LogP contribution >= 0.6 is 0 Å². The Morgan fingerprint density at radius 1 is 1.17 bits per heavy atom. The fourth-order valence-electron chi connectivity index (χ4n) is 2.82. The lowest BCUT2D eigenvalue weighted by atomic mass is 10.0. The van der Waals surface area contributed by atoms with E-state index in [4.69, 9.17) is 4.74 Å². The van der Waals surface area contributed by atoms with E-state index in [0.29, 0.717) is 18.7 Å². The van der Waals surface area contributed by atoms with Gasteiger partial charge in [-0.2, -0.15) is 0 Å². The highest BCUT2D eigenvalue weighted by molar-refractivity contribution is 6.00. The van der Waals surface area contributed by atoms with Gasteiger partial charge < -0.3 is 14.7 Å². The number of anilines is 1. The number of carbonyl (C=O) groups is 1. The molecule has 0 aromatic heterocycles. The van der Waals surface area contributed by atoms with Crippen molar-refractivity contribution < 1.29 is 14.6 Å². The molecule has 1 atom stereocenters. The van der Waals surface area contributed by atoms with Gasteiger partial charge in [0.1, 0.15) is 11.5 Å². The highest BCUT2D eigenvalue weighted by Crippen LogP contribution is 2.37. The second-order valence-corrected chi connectivity index (χ2v) is 5.79. The van der Waals surface area contributed by atoms with E-state index in [-0.39, 0.29) is 11.7 Å². The van der Waals surface area contributed by atoms with Crippen LogP contribution in [-0.2, 0) is 11.2 Å². The third kappa shape index (κ3) is 3.31. The van der Waals surface area contributed by atoms with Crippen molar-refractivity contribution in [2.24, 2.45) is 0 Å². The number of ether oxygens (including phenoxy) is 1. The number of rotatable bonds is 5. The first-order valence-corrected chi connectivity index (χ1v) is 8.04. The third-order valence-electron chi connectivity index (χ3n) is 4.04. The number of hydrogen-bond donors (Lipinski definition) is 1. The average molecular weight is 311 g/mol. The number of carbonyl (C=O) groups excluding carboxylic acids is 1. The van der Waals surface area contributed by atoms with Crippen molar-refractivity contribution >= 4 is 11.6 Å². The van der Waals surface area contributed by atoms with Crippen molar-refractivity contribution in [3.63, 3.8) is 0 Å². The lowest BCUT2D eigenvalue weighted by Crippen LogP contribution is -2.47. The van der Waals surface area contributed by atoms with Crippen LogP contribution in [0.15, 0.2) is 48.5 Å². The Labute approximate surface area is 136 Å². The molecule has 0 fully saturated rings. The van der Waals surface area contributed by atoms with E-state index in [1.54, 1.807) is 23.1 Å². The minimum absolute atomic E-state index is 0.0134. The molecule has 1 aliphatic heterocycles. The summed E-state index contributed by atoms with van der Waals surface area (Å²) in [5.41, 5.74) is 1.80. The van der Waals surface area contributed by atoms with Crippen LogP contribution in [0.5, 0.6) is 11.5 Å². The molecule has 0 saturated carbocycles. The van der Waals surface area contributed by atoms with Gasteiger partial charge >= 0.3 is 0 Å². The molecule has 23 heavy (non-hydrogen) atoms. The van der Waals surface area contributed by atoms with Crippen molar-refractivity contribution in [3.05, 3.63) is 54.1 Å². The van der Waals surface area contributed by atoms with Crippen molar-refractivity contribution in [2.75, 3.05) is 11.4 Å². The Morgan fingerprint density at radius 2 is 1.96 bits per heavy atom. The van der Waals surface area contributed by atoms with Crippen molar-refractivity contribution in [1.29, 1.82) is 0 Å². The second kappa shape index (κ2) is 6.73. The lowest BCUT2D eigenvalue weighted by Gasteiger charge is -2.34. The van der Waals surface area contributed by atoms with Crippen molar-refractivity contribution in [3.8, 4) is 11.5 Å². The standard InChI is InChI=1S/C19H21NO3/c1-2-3-11-20-16-10-9-15(21)13-17(16)23-18(19(20)22)12-14-7-5-4-6-8-14/h4-10,13,18,21H,2-3,11-12H2,1H3. The summed E-state index contributed by atoms with van der Waals surface area (Å²) in [6.07, 6.45) is 1.92. The molecule has 1 unspecified atom stereocenters. The predicted molar refractivity (Wildman–Crippen MR) is 89.9 cm³/mol. The molecule has 0 spiro atoms. The van der Waals surface area contributed by atoms with Crippen LogP contribution in [-0.4, -0.2) is 23.7 Å². The van der Waals surface area contributed by atoms with E-state index >= 15 is 0 Å². The molecule has 4 heteroatoms. The Hall–Kier alpha value is -2.49. The minimum atomic E-state index is -0.552. The molecule has 0 aliphatic carbocycles. The number of hydrogen-bond acceptors (Lipinski definition) is 3. The Morgan fingerprint density at radius 3 is 2.70 bits per heavy atom. The fourth-order valence-corrected chi connectivity index (χ4v) is 2.82. The largest absolute Gasteiger partial charge is 0.508 e. The van der Waals surface area contributed by atoms with E-state index in [9.17, 15) is 9.90 Å². The molecule has 0 saturated heterocycles. The summed E-state index contributed by atoms with van der Waals surface area (Å²) >= 11 is 0. The molecule has 120 valence electrons. The van der Waals surface area contributed by atoms with E-state index in [1.165, 1.54) is 0 Å². The zero-order valence-electron chi connectivity index (χ0n) is 13.2. The summed E-state index contributed by atoms with van der Waals surface area (Å²) in [7, 11) is 0. The Balaban J connectivity index is 1.89. The highest BCUT2D eigenvalue weighted by atomic mass is 16.5. The number of fused-ring (bicyclic) bond motifs is 1. The first-order chi connectivity index (χ1) is 11.2. The van der Waals surface area contributed by atoms with Crippen molar-refractivity contribution in [1.82, 2.24) is 0 Å². The van der Waals surface area contributed by atoms with Crippen LogP contribution in [0.4, 0.5) is 5.69 Å². The number of nitrogens with zero attached hydrogens (tertiary/aromatic N) is 1. The number of amides is 1. The van der Waals surface area contributed by atoms with Crippen LogP contribution in [0.3, 0.4) is 0 Å². The SMILES string of the molecule is CCCCN1C(=O)C(Cc2ccccc2)Oc2cc(O)ccc21. The topological polar surface area (TPSA) is 49.8 Å². The summed E-state index contributed by atoms with van der Waals surface area (Å²) in [4.78, 5) is 14.6. The van der Waals surface area contributed by atoms with E-state index in [0.717, 1.165) is 24.1 Å². The zero-order valence-corrected chi connectivity index (χ0v) is 13.2. The van der Waals surface area contributed by atoms with E-state index < -0.39 is 6.10 Å². The van der Waals surface area contributed by atoms with Crippen LogP contribution in [0.25, 0.3) is 0 Å². The van der Waals surface area contributed by atoms with E-state index in [2.05, 4.69) is 6.92 Å². The molecular weight excluding hydrogens is 290 g/mol. The van der Waals surface area contributed by atoms with Gasteiger partial charge in [0, 0.05) is 19.0 Å². The summed E-state index contributed by atoms with van der Waals surface area (Å²) in [5.74, 6) is 0.703. The summed E-state index contributed by atoms with van der Waals surface area (Å²) in [5, 5.41) is 9.71. The highest BCUT2D eigenvalue weighted by Gasteiger charge is 2.34. The third-order valence-corrected chi connectivity index (χ3v) is 4.04. The Bertz CT molecular complexity index is 684. The zero-order chi connectivity index (χ0) is 16.2. The molecule has 3 rings (SSSR count). The molecule has 2 aromatic rings. The molecule has 0 radical (unpaired) electrons. The van der Waals surface area contributed by atoms with Crippen LogP contribution in [0.1, 0.15) is 25.3 Å². The molecule has 1 N–H and O–H groups in total. The molecule has 4 nitrogen and oxygen atoms in total. The van der Waals surface area contributed by atoms with Crippen molar-refractivity contribution in [2.45, 2.75) is 32.3 Å². The molecule has 1 aliphatic rings. The molecule has 0 bridgehead atoms. The number of phenols is 1. The summed E-state index contributed by atoms with van der Waals surface area (Å²) in [6.45, 7) is 2.77. The molecule has 2 aromatic carbocycles. The van der Waals surface area contributed by atoms with Crippen LogP contribution < -0.4 is 9.64 Å². The van der Waals surface area contributed by atoms with Gasteiger partial charge in [-0.15, -0.1) is 0 Å². The molecule has 1 amide bonds. The Kier molecular flexibility index (Phi) is 4.51. The number of unbranched alkanes of at least 4 members (excludes halogenated alkanes) is 1. The lowest BCUT2D eigenvalue weighted by molar-refractivity contribution is -0.126. The first kappa shape index (κ1) is 15.4. The number of phenolic OH excluding ortho intramolecular Hbond substituents is 1. The maximum absolute atomic E-state index is 12.8. The average Bonchev–Trinajstić information content (AvgIpc) is 2.56. The number of aromatic hydroxyl groups is 1. The second-order valence-electron chi connectivity index (χ2n) is 5.79. The van der Waals surface area contributed by atoms with Crippen LogP contribution in [0.2, 0.25) is 0 Å². The molecular formula is C19H21NO3. The predicted octanol–water partition coefficient (Wildman–Crippen LogP) is 3.53. The normalized spacial score (nSPS) is 16.8. The smallest absolute Gasteiger partial charge is 0.268 e. The maximum Gasteiger partial charge on any atom is 0.268 e. The van der Waals surface area contributed by atoms with Gasteiger partial charge in [0.05, 0.1) is 5.69 Å². The first-order valence-electron chi connectivity index (χ1n) is 8.04. The van der Waals surface area contributed by atoms with Gasteiger partial charge in [-0.3, -0.25) is 4.79 Å². The monoisotopic (exact) mass is 311 g/mol. The van der Waals surface area contributed by atoms with Gasteiger partial charge in [-0.05, 0) is 24.1 Å². The van der Waals surface area contributed by atoms with Crippen LogP contribution in [0, 0.1) is 0 Å². The molecule has 1 heterocycles. The quantitative estimate of drug-likeness (QED) is 0.919. The van der Waals surface area contributed by atoms with Gasteiger partial charge in [0.25, 0.3) is 5.91 Å². The van der Waals surface area contributed by atoms with E-state index in [1.807, 2.05) is 30.3 Å². The summed E-state index contributed by atoms with van der Waals surface area (Å²) < 4.78 is 5.89. The maximum atomic E-state index is 12.8. The van der Waals surface area contributed by atoms with Gasteiger partial charge in [-0.1, -0.05) is 43.7 Å².